The van der Waals surface area contributed by atoms with Gasteiger partial charge in [-0.2, -0.15) is 4.31 Å². The topological polar surface area (TPSA) is 92.5 Å². The van der Waals surface area contributed by atoms with Crippen molar-refractivity contribution in [3.8, 4) is 0 Å². The van der Waals surface area contributed by atoms with Crippen LogP contribution in [0.15, 0.2) is 53.4 Å². The van der Waals surface area contributed by atoms with Crippen molar-refractivity contribution >= 4 is 21.6 Å². The number of aryl methyl sites for hydroxylation is 1. The molecule has 1 heterocycles. The van der Waals surface area contributed by atoms with Crippen LogP contribution in [0.5, 0.6) is 0 Å². The molecule has 1 aliphatic rings. The fourth-order valence-corrected chi connectivity index (χ4v) is 5.21. The third-order valence-corrected chi connectivity index (χ3v) is 7.67. The van der Waals surface area contributed by atoms with Gasteiger partial charge in [-0.05, 0) is 55.0 Å². The molecule has 0 bridgehead atoms. The molecule has 0 aliphatic carbocycles. The summed E-state index contributed by atoms with van der Waals surface area (Å²) in [6.07, 6.45) is 0.544. The molecule has 1 fully saturated rings. The van der Waals surface area contributed by atoms with Gasteiger partial charge in [-0.1, -0.05) is 44.2 Å². The number of amides is 1. The second kappa shape index (κ2) is 8.26. The van der Waals surface area contributed by atoms with Crippen LogP contribution < -0.4 is 11.1 Å². The third kappa shape index (κ3) is 4.52. The van der Waals surface area contributed by atoms with Crippen molar-refractivity contribution in [2.75, 3.05) is 18.4 Å². The molecule has 3 N–H and O–H groups in total. The summed E-state index contributed by atoms with van der Waals surface area (Å²) in [5.41, 5.74) is 7.88. The number of hydrogen-bond donors (Lipinski definition) is 2. The monoisotopic (exact) mass is 415 g/mol. The molecule has 6 nitrogen and oxygen atoms in total. The second-order valence-corrected chi connectivity index (χ2v) is 9.96. The molecule has 1 aliphatic heterocycles. The highest BCUT2D eigenvalue weighted by Crippen LogP contribution is 2.28. The summed E-state index contributed by atoms with van der Waals surface area (Å²) in [5.74, 6) is 0.142. The average Bonchev–Trinajstić information content (AvgIpc) is 2.69. The zero-order valence-electron chi connectivity index (χ0n) is 17.2. The van der Waals surface area contributed by atoms with Gasteiger partial charge in [0, 0.05) is 18.8 Å². The fourth-order valence-electron chi connectivity index (χ4n) is 3.54. The van der Waals surface area contributed by atoms with Crippen molar-refractivity contribution in [2.45, 2.75) is 50.0 Å². The summed E-state index contributed by atoms with van der Waals surface area (Å²) in [7, 11) is -3.59. The Bertz CT molecular complexity index is 977. The lowest BCUT2D eigenvalue weighted by Crippen LogP contribution is -2.58. The number of benzene rings is 2. The van der Waals surface area contributed by atoms with Gasteiger partial charge < -0.3 is 11.1 Å². The van der Waals surface area contributed by atoms with Gasteiger partial charge in [0.05, 0.1) is 10.4 Å². The lowest BCUT2D eigenvalue weighted by atomic mass is 9.88. The van der Waals surface area contributed by atoms with Gasteiger partial charge in [-0.3, -0.25) is 4.79 Å². The number of nitrogens with zero attached hydrogens (tertiary/aromatic N) is 1. The Hall–Kier alpha value is -2.22. The second-order valence-electron chi connectivity index (χ2n) is 8.06. The van der Waals surface area contributed by atoms with Crippen molar-refractivity contribution in [1.29, 1.82) is 0 Å². The van der Waals surface area contributed by atoms with Crippen LogP contribution >= 0.6 is 0 Å². The molecule has 2 aromatic carbocycles. The van der Waals surface area contributed by atoms with E-state index in [1.165, 1.54) is 9.87 Å². The maximum absolute atomic E-state index is 13.0. The number of rotatable bonds is 5. The minimum absolute atomic E-state index is 0.215. The van der Waals surface area contributed by atoms with Gasteiger partial charge >= 0.3 is 0 Å². The first-order chi connectivity index (χ1) is 13.6. The lowest BCUT2D eigenvalue weighted by Gasteiger charge is -2.37. The van der Waals surface area contributed by atoms with E-state index in [-0.39, 0.29) is 31.8 Å². The molecule has 2 aromatic rings. The summed E-state index contributed by atoms with van der Waals surface area (Å²) in [6.45, 7) is 6.43. The van der Waals surface area contributed by atoms with Crippen molar-refractivity contribution < 1.29 is 13.2 Å². The third-order valence-electron chi connectivity index (χ3n) is 5.61. The summed E-state index contributed by atoms with van der Waals surface area (Å²) in [6, 6.07) is 14.6. The van der Waals surface area contributed by atoms with Gasteiger partial charge in [-0.25, -0.2) is 8.42 Å². The van der Waals surface area contributed by atoms with E-state index >= 15 is 0 Å². The number of carbonyl (C=O) groups is 1. The predicted octanol–water partition coefficient (Wildman–Crippen LogP) is 3.24. The average molecular weight is 416 g/mol. The van der Waals surface area contributed by atoms with Gasteiger partial charge in [0.25, 0.3) is 0 Å². The van der Waals surface area contributed by atoms with E-state index in [1.807, 2.05) is 30.3 Å². The first-order valence-corrected chi connectivity index (χ1v) is 11.3. The van der Waals surface area contributed by atoms with Crippen molar-refractivity contribution in [2.24, 2.45) is 5.73 Å². The van der Waals surface area contributed by atoms with Crippen LogP contribution in [0.2, 0.25) is 0 Å². The first kappa shape index (κ1) is 21.5. The number of piperidine rings is 1. The van der Waals surface area contributed by atoms with Gasteiger partial charge in [0.1, 0.15) is 0 Å². The minimum Gasteiger partial charge on any atom is -0.324 e. The van der Waals surface area contributed by atoms with E-state index < -0.39 is 15.6 Å². The number of hydrogen-bond acceptors (Lipinski definition) is 4. The van der Waals surface area contributed by atoms with Gasteiger partial charge in [-0.15, -0.1) is 0 Å². The Labute approximate surface area is 173 Å². The highest BCUT2D eigenvalue weighted by atomic mass is 32.2. The number of anilines is 1. The van der Waals surface area contributed by atoms with E-state index in [0.29, 0.717) is 22.1 Å². The lowest BCUT2D eigenvalue weighted by molar-refractivity contribution is -0.122. The maximum Gasteiger partial charge on any atom is 0.244 e. The Kier molecular flexibility index (Phi) is 6.12. The van der Waals surface area contributed by atoms with Crippen LogP contribution in [-0.4, -0.2) is 37.3 Å². The Morgan fingerprint density at radius 2 is 1.66 bits per heavy atom. The van der Waals surface area contributed by atoms with Crippen molar-refractivity contribution in [3.63, 3.8) is 0 Å². The molecule has 0 saturated carbocycles. The SMILES string of the molecule is Cc1ccccc1S(=O)(=O)N1CCC(N)(C(=O)Nc2ccc(C(C)C)cc2)CC1. The predicted molar refractivity (Wildman–Crippen MR) is 115 cm³/mol. The molecule has 0 aromatic heterocycles. The van der Waals surface area contributed by atoms with Crippen LogP contribution in [0.3, 0.4) is 0 Å². The molecule has 156 valence electrons. The number of nitrogens with one attached hydrogen (secondary N) is 1. The van der Waals surface area contributed by atoms with Crippen LogP contribution in [0.1, 0.15) is 43.7 Å². The van der Waals surface area contributed by atoms with Crippen LogP contribution in [-0.2, 0) is 14.8 Å². The zero-order valence-corrected chi connectivity index (χ0v) is 18.0. The maximum atomic E-state index is 13.0. The molecule has 3 rings (SSSR count). The van der Waals surface area contributed by atoms with E-state index in [4.69, 9.17) is 5.73 Å². The van der Waals surface area contributed by atoms with Crippen LogP contribution in [0.25, 0.3) is 0 Å². The van der Waals surface area contributed by atoms with Crippen LogP contribution in [0, 0.1) is 6.92 Å². The van der Waals surface area contributed by atoms with Crippen LogP contribution in [0.4, 0.5) is 5.69 Å². The van der Waals surface area contributed by atoms with E-state index in [9.17, 15) is 13.2 Å². The summed E-state index contributed by atoms with van der Waals surface area (Å²) < 4.78 is 27.3. The molecule has 7 heteroatoms. The molecule has 1 saturated heterocycles. The molecule has 0 unspecified atom stereocenters. The summed E-state index contributed by atoms with van der Waals surface area (Å²) >= 11 is 0. The highest BCUT2D eigenvalue weighted by Gasteiger charge is 2.41. The molecule has 0 atom stereocenters. The Balaban J connectivity index is 1.67. The quantitative estimate of drug-likeness (QED) is 0.784. The smallest absolute Gasteiger partial charge is 0.244 e. The van der Waals surface area contributed by atoms with Crippen molar-refractivity contribution in [1.82, 2.24) is 4.31 Å². The number of sulfonamides is 1. The van der Waals surface area contributed by atoms with E-state index in [1.54, 1.807) is 25.1 Å². The molecule has 0 radical (unpaired) electrons. The molecule has 0 spiro atoms. The standard InChI is InChI=1S/C22H29N3O3S/c1-16(2)18-8-10-19(11-9-18)24-21(26)22(23)12-14-25(15-13-22)29(27,28)20-7-5-4-6-17(20)3/h4-11,16H,12-15,23H2,1-3H3,(H,24,26). The van der Waals surface area contributed by atoms with Gasteiger partial charge in [0.15, 0.2) is 0 Å². The minimum atomic E-state index is -3.59. The number of nitrogens with two attached hydrogens (primary N) is 1. The number of carbonyl (C=O) groups excluding carboxylic acids is 1. The van der Waals surface area contributed by atoms with E-state index in [0.717, 1.165) is 0 Å². The Morgan fingerprint density at radius 1 is 1.07 bits per heavy atom. The van der Waals surface area contributed by atoms with Crippen molar-refractivity contribution in [3.05, 3.63) is 59.7 Å². The normalized spacial score (nSPS) is 17.3. The summed E-state index contributed by atoms with van der Waals surface area (Å²) in [5, 5.41) is 2.88. The van der Waals surface area contributed by atoms with Gasteiger partial charge in [0.2, 0.25) is 15.9 Å². The highest BCUT2D eigenvalue weighted by molar-refractivity contribution is 7.89. The molecule has 1 amide bonds. The molecular weight excluding hydrogens is 386 g/mol. The summed E-state index contributed by atoms with van der Waals surface area (Å²) in [4.78, 5) is 13.1. The van der Waals surface area contributed by atoms with E-state index in [2.05, 4.69) is 19.2 Å². The first-order valence-electron chi connectivity index (χ1n) is 9.89. The zero-order chi connectivity index (χ0) is 21.2. The largest absolute Gasteiger partial charge is 0.324 e. The molecule has 29 heavy (non-hydrogen) atoms. The molecular formula is C22H29N3O3S. The fraction of sp³-hybridized carbons (Fsp3) is 0.409. The Morgan fingerprint density at radius 3 is 2.21 bits per heavy atom.